The minimum absolute atomic E-state index is 0.122. The average molecular weight is 321 g/mol. The number of carboxylic acids is 1. The Bertz CT molecular complexity index is 410. The van der Waals surface area contributed by atoms with Gasteiger partial charge in [0.05, 0.1) is 11.7 Å². The highest BCUT2D eigenvalue weighted by Gasteiger charge is 2.20. The molecule has 2 unspecified atom stereocenters. The summed E-state index contributed by atoms with van der Waals surface area (Å²) in [6, 6.07) is 4.27. The summed E-state index contributed by atoms with van der Waals surface area (Å²) in [5.41, 5.74) is 0.584. The molecule has 0 aliphatic carbocycles. The first-order valence-electron chi connectivity index (χ1n) is 4.97. The Balaban J connectivity index is 2.95. The van der Waals surface area contributed by atoms with E-state index in [1.807, 2.05) is 0 Å². The molecule has 0 saturated carbocycles. The third-order valence-corrected chi connectivity index (χ3v) is 3.30. The van der Waals surface area contributed by atoms with Crippen molar-refractivity contribution in [2.45, 2.75) is 18.6 Å². The van der Waals surface area contributed by atoms with Crippen LogP contribution >= 0.6 is 28.6 Å². The van der Waals surface area contributed by atoms with Crippen molar-refractivity contribution in [1.82, 2.24) is 0 Å². The second kappa shape index (κ2) is 6.39. The smallest absolute Gasteiger partial charge is 0.335 e. The number of benzene rings is 1. The van der Waals surface area contributed by atoms with Crippen LogP contribution in [-0.4, -0.2) is 33.1 Å². The molecule has 0 amide bonds. The van der Waals surface area contributed by atoms with Gasteiger partial charge < -0.3 is 15.3 Å². The highest BCUT2D eigenvalue weighted by Crippen LogP contribution is 2.28. The van der Waals surface area contributed by atoms with Gasteiger partial charge in [0.1, 0.15) is 6.10 Å². The Morgan fingerprint density at radius 1 is 1.41 bits per heavy atom. The highest BCUT2D eigenvalue weighted by atomic mass is 79.9. The summed E-state index contributed by atoms with van der Waals surface area (Å²) in [6.07, 6.45) is -1.61. The van der Waals surface area contributed by atoms with E-state index in [9.17, 15) is 15.0 Å². The lowest BCUT2D eigenvalue weighted by Crippen LogP contribution is -2.19. The van der Waals surface area contributed by atoms with Crippen LogP contribution < -0.4 is 0 Å². The lowest BCUT2D eigenvalue weighted by molar-refractivity contribution is 0.0168. The van der Waals surface area contributed by atoms with Crippen molar-refractivity contribution in [3.05, 3.63) is 33.8 Å². The zero-order valence-electron chi connectivity index (χ0n) is 8.88. The number of hydrogen-bond donors (Lipinski definition) is 4. The predicted molar refractivity (Wildman–Crippen MR) is 70.5 cm³/mol. The van der Waals surface area contributed by atoms with E-state index in [-0.39, 0.29) is 5.56 Å². The molecule has 0 heterocycles. The molecule has 3 N–H and O–H groups in total. The highest BCUT2D eigenvalue weighted by molar-refractivity contribution is 9.10. The van der Waals surface area contributed by atoms with E-state index in [4.69, 9.17) is 5.11 Å². The van der Waals surface area contributed by atoms with E-state index in [0.717, 1.165) is 0 Å². The predicted octanol–water partition coefficient (Wildman–Crippen LogP) is 1.86. The maximum absolute atomic E-state index is 10.7. The topological polar surface area (TPSA) is 77.8 Å². The molecule has 0 aliphatic heterocycles. The fourth-order valence-corrected chi connectivity index (χ4v) is 2.28. The Morgan fingerprint density at radius 3 is 2.53 bits per heavy atom. The number of aliphatic hydroxyl groups is 2. The Kier molecular flexibility index (Phi) is 5.45. The van der Waals surface area contributed by atoms with Gasteiger partial charge in [-0.3, -0.25) is 0 Å². The van der Waals surface area contributed by atoms with Crippen LogP contribution in [0.5, 0.6) is 0 Å². The van der Waals surface area contributed by atoms with Crippen LogP contribution in [0.15, 0.2) is 22.7 Å². The van der Waals surface area contributed by atoms with Gasteiger partial charge >= 0.3 is 5.97 Å². The summed E-state index contributed by atoms with van der Waals surface area (Å²) >= 11 is 7.16. The number of rotatable bonds is 5. The first kappa shape index (κ1) is 14.5. The van der Waals surface area contributed by atoms with E-state index in [2.05, 4.69) is 28.6 Å². The van der Waals surface area contributed by atoms with Crippen LogP contribution in [0.1, 0.15) is 28.4 Å². The molecule has 0 aliphatic rings. The van der Waals surface area contributed by atoms with Crippen molar-refractivity contribution < 1.29 is 20.1 Å². The van der Waals surface area contributed by atoms with Crippen LogP contribution in [0.2, 0.25) is 0 Å². The summed E-state index contributed by atoms with van der Waals surface area (Å²) in [5, 5.41) is 28.3. The van der Waals surface area contributed by atoms with E-state index in [1.165, 1.54) is 18.2 Å². The quantitative estimate of drug-likeness (QED) is 0.624. The molecule has 2 atom stereocenters. The van der Waals surface area contributed by atoms with Gasteiger partial charge in [0.2, 0.25) is 0 Å². The standard InChI is InChI=1S/C11H13BrO4S/c12-8-5-6(11(15)16)1-2-7(8)10(14)9(13)3-4-17/h1-2,5,9-10,13-14,17H,3-4H2,(H,15,16). The fraction of sp³-hybridized carbons (Fsp3) is 0.364. The number of hydrogen-bond acceptors (Lipinski definition) is 4. The van der Waals surface area contributed by atoms with Gasteiger partial charge in [0.15, 0.2) is 0 Å². The largest absolute Gasteiger partial charge is 0.478 e. The van der Waals surface area contributed by atoms with Gasteiger partial charge in [-0.1, -0.05) is 22.0 Å². The molecule has 1 rings (SSSR count). The van der Waals surface area contributed by atoms with Crippen LogP contribution in [0.4, 0.5) is 0 Å². The van der Waals surface area contributed by atoms with Gasteiger partial charge in [-0.05, 0) is 29.9 Å². The second-order valence-electron chi connectivity index (χ2n) is 3.57. The second-order valence-corrected chi connectivity index (χ2v) is 4.87. The van der Waals surface area contributed by atoms with Gasteiger partial charge in [-0.15, -0.1) is 0 Å². The lowest BCUT2D eigenvalue weighted by Gasteiger charge is -2.18. The maximum atomic E-state index is 10.7. The SMILES string of the molecule is O=C(O)c1ccc(C(O)C(O)CCS)c(Br)c1. The molecule has 94 valence electrons. The summed E-state index contributed by atoms with van der Waals surface area (Å²) in [4.78, 5) is 10.7. The molecule has 0 spiro atoms. The number of carbonyl (C=O) groups is 1. The van der Waals surface area contributed by atoms with Crippen LogP contribution in [0.3, 0.4) is 0 Å². The fourth-order valence-electron chi connectivity index (χ4n) is 1.40. The van der Waals surface area contributed by atoms with Crippen molar-refractivity contribution in [2.75, 3.05) is 5.75 Å². The molecule has 1 aromatic carbocycles. The van der Waals surface area contributed by atoms with Gasteiger partial charge in [0, 0.05) is 4.47 Å². The molecular formula is C11H13BrO4S. The first-order chi connectivity index (χ1) is 7.97. The van der Waals surface area contributed by atoms with E-state index in [0.29, 0.717) is 22.2 Å². The van der Waals surface area contributed by atoms with E-state index < -0.39 is 18.2 Å². The molecule has 6 heteroatoms. The number of aliphatic hydroxyl groups excluding tert-OH is 2. The van der Waals surface area contributed by atoms with Crippen molar-refractivity contribution in [3.8, 4) is 0 Å². The molecule has 0 fully saturated rings. The zero-order chi connectivity index (χ0) is 13.0. The molecular weight excluding hydrogens is 308 g/mol. The maximum Gasteiger partial charge on any atom is 0.335 e. The number of carboxylic acid groups (broad SMARTS) is 1. The van der Waals surface area contributed by atoms with Gasteiger partial charge in [0.25, 0.3) is 0 Å². The van der Waals surface area contributed by atoms with Crippen molar-refractivity contribution in [1.29, 1.82) is 0 Å². The summed E-state index contributed by atoms with van der Waals surface area (Å²) < 4.78 is 0.461. The van der Waals surface area contributed by atoms with Gasteiger partial charge in [-0.25, -0.2) is 4.79 Å². The first-order valence-corrected chi connectivity index (χ1v) is 6.39. The molecule has 17 heavy (non-hydrogen) atoms. The van der Waals surface area contributed by atoms with Crippen LogP contribution in [0.25, 0.3) is 0 Å². The summed E-state index contributed by atoms with van der Waals surface area (Å²) in [6.45, 7) is 0. The third kappa shape index (κ3) is 3.70. The molecule has 1 aromatic rings. The minimum Gasteiger partial charge on any atom is -0.478 e. The van der Waals surface area contributed by atoms with Crippen molar-refractivity contribution in [2.24, 2.45) is 0 Å². The number of aromatic carboxylic acids is 1. The Hall–Kier alpha value is -0.560. The third-order valence-electron chi connectivity index (χ3n) is 2.36. The molecule has 0 radical (unpaired) electrons. The summed E-state index contributed by atoms with van der Waals surface area (Å²) in [7, 11) is 0. The molecule has 0 saturated heterocycles. The normalized spacial score (nSPS) is 14.4. The number of halogens is 1. The zero-order valence-corrected chi connectivity index (χ0v) is 11.4. The summed E-state index contributed by atoms with van der Waals surface area (Å²) in [5.74, 6) is -0.578. The molecule has 0 bridgehead atoms. The van der Waals surface area contributed by atoms with Crippen molar-refractivity contribution >= 4 is 34.5 Å². The van der Waals surface area contributed by atoms with Gasteiger partial charge in [-0.2, -0.15) is 12.6 Å². The lowest BCUT2D eigenvalue weighted by atomic mass is 10.0. The Morgan fingerprint density at radius 2 is 2.06 bits per heavy atom. The molecule has 4 nitrogen and oxygen atoms in total. The minimum atomic E-state index is -1.06. The monoisotopic (exact) mass is 320 g/mol. The van der Waals surface area contributed by atoms with Crippen LogP contribution in [0, 0.1) is 0 Å². The van der Waals surface area contributed by atoms with Crippen LogP contribution in [-0.2, 0) is 0 Å². The average Bonchev–Trinajstić information content (AvgIpc) is 2.28. The Labute approximate surface area is 113 Å². The van der Waals surface area contributed by atoms with Crippen molar-refractivity contribution in [3.63, 3.8) is 0 Å². The van der Waals surface area contributed by atoms with E-state index >= 15 is 0 Å². The molecule has 0 aromatic heterocycles. The van der Waals surface area contributed by atoms with E-state index in [1.54, 1.807) is 0 Å². The number of thiol groups is 1.